The molecule has 0 N–H and O–H groups in total. The topological polar surface area (TPSA) is 99.2 Å². The van der Waals surface area contributed by atoms with Crippen molar-refractivity contribution >= 4 is 35.7 Å². The van der Waals surface area contributed by atoms with Crippen LogP contribution < -0.4 is 9.04 Å². The molecule has 1 rings (SSSR count). The number of nitrogens with zero attached hydrogens (tertiary/aromatic N) is 1. The third-order valence-corrected chi connectivity index (χ3v) is 6.64. The molecule has 0 aliphatic rings. The second-order valence-corrected chi connectivity index (χ2v) is 15.1. The Labute approximate surface area is 167 Å². The number of sulfonamides is 1. The standard InChI is InChI=1S/C18H29NO7SSi/c1-14-11-15(26-13-18(21)25-9-10-28(4,5)6)7-8-16(14)19(27(3,22)23)12-17(20)24-2/h7-8,11H,9-10,12-13H2,1-6H3. The molecule has 0 aromatic heterocycles. The molecule has 0 unspecified atom stereocenters. The van der Waals surface area contributed by atoms with E-state index in [1.54, 1.807) is 13.0 Å². The number of aryl methyl sites for hydroxylation is 1. The number of anilines is 1. The second-order valence-electron chi connectivity index (χ2n) is 7.61. The SMILES string of the molecule is COC(=O)CN(c1ccc(OCC(=O)OCC[Si](C)(C)C)cc1C)S(C)(=O)=O. The summed E-state index contributed by atoms with van der Waals surface area (Å²) in [5, 5.41) is 0. The summed E-state index contributed by atoms with van der Waals surface area (Å²) in [5.41, 5.74) is 0.900. The lowest BCUT2D eigenvalue weighted by Crippen LogP contribution is -2.35. The first-order valence-corrected chi connectivity index (χ1v) is 14.3. The van der Waals surface area contributed by atoms with Gasteiger partial charge in [-0.3, -0.25) is 9.10 Å². The maximum atomic E-state index is 12.0. The number of hydrogen-bond acceptors (Lipinski definition) is 7. The van der Waals surface area contributed by atoms with Crippen molar-refractivity contribution in [2.24, 2.45) is 0 Å². The smallest absolute Gasteiger partial charge is 0.344 e. The number of methoxy groups -OCH3 is 1. The summed E-state index contributed by atoms with van der Waals surface area (Å²) in [6, 6.07) is 5.53. The Hall–Kier alpha value is -2.07. The fourth-order valence-corrected chi connectivity index (χ4v) is 3.83. The van der Waals surface area contributed by atoms with Crippen LogP contribution in [0.2, 0.25) is 25.7 Å². The largest absolute Gasteiger partial charge is 0.482 e. The summed E-state index contributed by atoms with van der Waals surface area (Å²) in [7, 11) is -3.77. The van der Waals surface area contributed by atoms with Crippen LogP contribution in [-0.4, -0.2) is 61.6 Å². The van der Waals surface area contributed by atoms with E-state index in [2.05, 4.69) is 24.4 Å². The van der Waals surface area contributed by atoms with E-state index in [1.165, 1.54) is 19.2 Å². The summed E-state index contributed by atoms with van der Waals surface area (Å²) in [6.45, 7) is 7.99. The molecular weight excluding hydrogens is 402 g/mol. The molecule has 8 nitrogen and oxygen atoms in total. The van der Waals surface area contributed by atoms with Crippen molar-refractivity contribution in [2.75, 3.05) is 37.4 Å². The normalized spacial score (nSPS) is 11.6. The van der Waals surface area contributed by atoms with E-state index >= 15 is 0 Å². The first-order chi connectivity index (χ1) is 12.8. The number of carbonyl (C=O) groups is 2. The molecule has 0 aliphatic heterocycles. The van der Waals surface area contributed by atoms with Gasteiger partial charge >= 0.3 is 11.9 Å². The molecule has 0 fully saturated rings. The van der Waals surface area contributed by atoms with Gasteiger partial charge in [0.25, 0.3) is 0 Å². The summed E-state index contributed by atoms with van der Waals surface area (Å²) in [5.74, 6) is -0.732. The highest BCUT2D eigenvalue weighted by molar-refractivity contribution is 7.92. The molecule has 0 saturated heterocycles. The highest BCUT2D eigenvalue weighted by Crippen LogP contribution is 2.26. The van der Waals surface area contributed by atoms with Crippen LogP contribution >= 0.6 is 0 Å². The molecule has 28 heavy (non-hydrogen) atoms. The monoisotopic (exact) mass is 431 g/mol. The van der Waals surface area contributed by atoms with E-state index in [-0.39, 0.29) is 6.61 Å². The Morgan fingerprint density at radius 1 is 1.14 bits per heavy atom. The van der Waals surface area contributed by atoms with Crippen molar-refractivity contribution in [1.82, 2.24) is 0 Å². The molecule has 0 bridgehead atoms. The third kappa shape index (κ3) is 8.30. The van der Waals surface area contributed by atoms with Crippen molar-refractivity contribution in [2.45, 2.75) is 32.6 Å². The van der Waals surface area contributed by atoms with Crippen LogP contribution in [0.15, 0.2) is 18.2 Å². The number of carbonyl (C=O) groups excluding carboxylic acids is 2. The molecular formula is C18H29NO7SSi. The summed E-state index contributed by atoms with van der Waals surface area (Å²) in [4.78, 5) is 23.3. The minimum atomic E-state index is -3.69. The van der Waals surface area contributed by atoms with Crippen molar-refractivity contribution in [3.8, 4) is 5.75 Å². The zero-order valence-electron chi connectivity index (χ0n) is 17.3. The molecule has 0 amide bonds. The number of rotatable bonds is 10. The van der Waals surface area contributed by atoms with Gasteiger partial charge in [-0.1, -0.05) is 19.6 Å². The number of ether oxygens (including phenoxy) is 3. The zero-order valence-corrected chi connectivity index (χ0v) is 19.1. The van der Waals surface area contributed by atoms with Gasteiger partial charge in [-0.05, 0) is 36.7 Å². The predicted octanol–water partition coefficient (Wildman–Crippen LogP) is 2.19. The van der Waals surface area contributed by atoms with Crippen LogP contribution in [-0.2, 0) is 29.1 Å². The average Bonchev–Trinajstić information content (AvgIpc) is 2.56. The Bertz CT molecular complexity index is 803. The fraction of sp³-hybridized carbons (Fsp3) is 0.556. The van der Waals surface area contributed by atoms with Crippen LogP contribution in [0, 0.1) is 6.92 Å². The number of benzene rings is 1. The van der Waals surface area contributed by atoms with E-state index in [9.17, 15) is 18.0 Å². The van der Waals surface area contributed by atoms with Crippen LogP contribution in [0.3, 0.4) is 0 Å². The maximum Gasteiger partial charge on any atom is 0.344 e. The van der Waals surface area contributed by atoms with Gasteiger partial charge in [0.1, 0.15) is 12.3 Å². The van der Waals surface area contributed by atoms with E-state index in [0.29, 0.717) is 23.6 Å². The zero-order chi connectivity index (χ0) is 21.5. The van der Waals surface area contributed by atoms with Gasteiger partial charge < -0.3 is 14.2 Å². The highest BCUT2D eigenvalue weighted by atomic mass is 32.2. The van der Waals surface area contributed by atoms with E-state index in [1.807, 2.05) is 0 Å². The molecule has 1 aromatic rings. The maximum absolute atomic E-state index is 12.0. The van der Waals surface area contributed by atoms with Gasteiger partial charge in [0.05, 0.1) is 25.7 Å². The predicted molar refractivity (Wildman–Crippen MR) is 110 cm³/mol. The number of esters is 2. The van der Waals surface area contributed by atoms with Crippen LogP contribution in [0.25, 0.3) is 0 Å². The summed E-state index contributed by atoms with van der Waals surface area (Å²) in [6.07, 6.45) is 1.01. The van der Waals surface area contributed by atoms with Gasteiger partial charge in [0.2, 0.25) is 10.0 Å². The lowest BCUT2D eigenvalue weighted by molar-refractivity contribution is -0.145. The molecule has 0 saturated carbocycles. The van der Waals surface area contributed by atoms with Crippen molar-refractivity contribution in [3.05, 3.63) is 23.8 Å². The quantitative estimate of drug-likeness (QED) is 0.413. The van der Waals surface area contributed by atoms with Gasteiger partial charge in [-0.15, -0.1) is 0 Å². The molecule has 0 atom stereocenters. The fourth-order valence-electron chi connectivity index (χ4n) is 2.22. The second kappa shape index (κ2) is 9.92. The summed E-state index contributed by atoms with van der Waals surface area (Å²) < 4.78 is 40.2. The Morgan fingerprint density at radius 2 is 1.79 bits per heavy atom. The molecule has 0 aliphatic carbocycles. The first-order valence-electron chi connectivity index (χ1n) is 8.77. The van der Waals surface area contributed by atoms with Crippen molar-refractivity contribution in [1.29, 1.82) is 0 Å². The highest BCUT2D eigenvalue weighted by Gasteiger charge is 2.23. The third-order valence-electron chi connectivity index (χ3n) is 3.81. The van der Waals surface area contributed by atoms with Crippen LogP contribution in [0.1, 0.15) is 5.56 Å². The first kappa shape index (κ1) is 24.0. The Kier molecular flexibility index (Phi) is 8.49. The van der Waals surface area contributed by atoms with Crippen molar-refractivity contribution in [3.63, 3.8) is 0 Å². The molecule has 0 heterocycles. The van der Waals surface area contributed by atoms with Gasteiger partial charge in [-0.25, -0.2) is 13.2 Å². The molecule has 10 heteroatoms. The average molecular weight is 432 g/mol. The minimum absolute atomic E-state index is 0.234. The minimum Gasteiger partial charge on any atom is -0.482 e. The van der Waals surface area contributed by atoms with E-state index < -0.39 is 36.6 Å². The van der Waals surface area contributed by atoms with Gasteiger partial charge in [0.15, 0.2) is 6.61 Å². The van der Waals surface area contributed by atoms with Crippen LogP contribution in [0.5, 0.6) is 5.75 Å². The molecule has 1 aromatic carbocycles. The Balaban J connectivity index is 2.77. The lowest BCUT2D eigenvalue weighted by Gasteiger charge is -2.23. The molecule has 0 radical (unpaired) electrons. The molecule has 158 valence electrons. The lowest BCUT2D eigenvalue weighted by atomic mass is 10.2. The van der Waals surface area contributed by atoms with Gasteiger partial charge in [0, 0.05) is 8.07 Å². The van der Waals surface area contributed by atoms with E-state index in [4.69, 9.17) is 9.47 Å². The van der Waals surface area contributed by atoms with Crippen LogP contribution in [0.4, 0.5) is 5.69 Å². The Morgan fingerprint density at radius 3 is 2.29 bits per heavy atom. The molecule has 0 spiro atoms. The van der Waals surface area contributed by atoms with Gasteiger partial charge in [-0.2, -0.15) is 0 Å². The number of hydrogen-bond donors (Lipinski definition) is 0. The summed E-state index contributed by atoms with van der Waals surface area (Å²) >= 11 is 0. The van der Waals surface area contributed by atoms with E-state index in [0.717, 1.165) is 16.6 Å². The van der Waals surface area contributed by atoms with Crippen molar-refractivity contribution < 1.29 is 32.2 Å².